The third kappa shape index (κ3) is 5.20. The number of carbonyl (C=O) groups is 1. The van der Waals surface area contributed by atoms with Gasteiger partial charge in [0.15, 0.2) is 0 Å². The molecule has 0 aromatic carbocycles. The summed E-state index contributed by atoms with van der Waals surface area (Å²) in [7, 11) is 0. The number of alkyl halides is 5. The van der Waals surface area contributed by atoms with Crippen molar-refractivity contribution < 1.29 is 26.7 Å². The lowest BCUT2D eigenvalue weighted by Crippen LogP contribution is -2.52. The van der Waals surface area contributed by atoms with Gasteiger partial charge in [0.05, 0.1) is 11.6 Å². The number of nitrogens with one attached hydrogen (secondary N) is 1. The monoisotopic (exact) mass is 478 g/mol. The molecular formula is C18H16BrF5N4O. The fourth-order valence-corrected chi connectivity index (χ4v) is 3.47. The predicted molar refractivity (Wildman–Crippen MR) is 98.7 cm³/mol. The van der Waals surface area contributed by atoms with E-state index in [2.05, 4.69) is 31.2 Å². The number of hydrogen-bond acceptors (Lipinski definition) is 4. The number of nitrogens with zero attached hydrogens (tertiary/aromatic N) is 3. The fourth-order valence-electron chi connectivity index (χ4n) is 3.04. The molecule has 1 aliphatic heterocycles. The normalized spacial score (nSPS) is 19.1. The second-order valence-corrected chi connectivity index (χ2v) is 7.46. The molecule has 3 heterocycles. The van der Waals surface area contributed by atoms with Crippen LogP contribution in [0.1, 0.15) is 28.9 Å². The van der Waals surface area contributed by atoms with Gasteiger partial charge in [-0.3, -0.25) is 4.79 Å². The van der Waals surface area contributed by atoms with Gasteiger partial charge in [-0.1, -0.05) is 0 Å². The van der Waals surface area contributed by atoms with Crippen molar-refractivity contribution in [2.45, 2.75) is 31.0 Å². The second-order valence-electron chi connectivity index (χ2n) is 6.61. The van der Waals surface area contributed by atoms with Gasteiger partial charge >= 0.3 is 6.18 Å². The minimum Gasteiger partial charge on any atom is -0.368 e. The minimum atomic E-state index is -4.52. The highest BCUT2D eigenvalue weighted by Gasteiger charge is 2.42. The van der Waals surface area contributed by atoms with Gasteiger partial charge in [-0.25, -0.2) is 18.7 Å². The van der Waals surface area contributed by atoms with Crippen molar-refractivity contribution in [3.63, 3.8) is 0 Å². The molecule has 0 aliphatic carbocycles. The van der Waals surface area contributed by atoms with Gasteiger partial charge in [0.25, 0.3) is 11.8 Å². The first-order chi connectivity index (χ1) is 13.6. The molecule has 156 valence electrons. The number of rotatable bonds is 4. The number of halogens is 6. The smallest absolute Gasteiger partial charge is 0.368 e. The van der Waals surface area contributed by atoms with Gasteiger partial charge in [-0.2, -0.15) is 13.2 Å². The van der Waals surface area contributed by atoms with E-state index in [4.69, 9.17) is 0 Å². The maximum absolute atomic E-state index is 14.0. The largest absolute Gasteiger partial charge is 0.417 e. The summed E-state index contributed by atoms with van der Waals surface area (Å²) in [4.78, 5) is 21.8. The van der Waals surface area contributed by atoms with E-state index in [9.17, 15) is 26.7 Å². The molecular weight excluding hydrogens is 463 g/mol. The van der Waals surface area contributed by atoms with Crippen LogP contribution < -0.4 is 5.32 Å². The Hall–Kier alpha value is -2.30. The van der Waals surface area contributed by atoms with Crippen molar-refractivity contribution in [1.29, 1.82) is 0 Å². The SMILES string of the molecule is O=C(c1ncccc1Br)N1CCC(F)(F)CC1CNc1ccc(C(F)(F)F)cn1. The Labute approximate surface area is 171 Å². The van der Waals surface area contributed by atoms with Crippen LogP contribution in [0, 0.1) is 0 Å². The van der Waals surface area contributed by atoms with Crippen molar-refractivity contribution in [3.05, 3.63) is 52.4 Å². The molecule has 1 saturated heterocycles. The Morgan fingerprint density at radius 2 is 2.03 bits per heavy atom. The van der Waals surface area contributed by atoms with Crippen LogP contribution in [0.4, 0.5) is 27.8 Å². The van der Waals surface area contributed by atoms with E-state index < -0.39 is 42.5 Å². The predicted octanol–water partition coefficient (Wildman–Crippen LogP) is 4.61. The van der Waals surface area contributed by atoms with Crippen LogP contribution in [-0.2, 0) is 6.18 Å². The molecule has 1 amide bonds. The maximum Gasteiger partial charge on any atom is 0.417 e. The van der Waals surface area contributed by atoms with Crippen LogP contribution in [0.15, 0.2) is 41.1 Å². The summed E-state index contributed by atoms with van der Waals surface area (Å²) in [5.74, 6) is -3.35. The highest BCUT2D eigenvalue weighted by Crippen LogP contribution is 2.33. The lowest BCUT2D eigenvalue weighted by Gasteiger charge is -2.39. The van der Waals surface area contributed by atoms with Crippen molar-refractivity contribution in [2.24, 2.45) is 0 Å². The molecule has 2 aromatic rings. The van der Waals surface area contributed by atoms with Gasteiger partial charge in [-0.05, 0) is 40.2 Å². The summed E-state index contributed by atoms with van der Waals surface area (Å²) in [5.41, 5.74) is -0.806. The Bertz CT molecular complexity index is 875. The van der Waals surface area contributed by atoms with Crippen LogP contribution in [0.5, 0.6) is 0 Å². The van der Waals surface area contributed by atoms with Crippen molar-refractivity contribution in [1.82, 2.24) is 14.9 Å². The minimum absolute atomic E-state index is 0.0931. The van der Waals surface area contributed by atoms with Gasteiger partial charge in [-0.15, -0.1) is 0 Å². The third-order valence-electron chi connectivity index (χ3n) is 4.53. The Morgan fingerprint density at radius 3 is 2.66 bits per heavy atom. The molecule has 1 unspecified atom stereocenters. The quantitative estimate of drug-likeness (QED) is 0.652. The summed E-state index contributed by atoms with van der Waals surface area (Å²) < 4.78 is 66.2. The molecule has 3 rings (SSSR count). The number of hydrogen-bond donors (Lipinski definition) is 1. The van der Waals surface area contributed by atoms with Crippen LogP contribution in [-0.4, -0.2) is 45.8 Å². The van der Waals surface area contributed by atoms with E-state index in [-0.39, 0.29) is 24.6 Å². The van der Waals surface area contributed by atoms with E-state index in [1.807, 2.05) is 0 Å². The van der Waals surface area contributed by atoms with Gasteiger partial charge < -0.3 is 10.2 Å². The van der Waals surface area contributed by atoms with E-state index in [0.717, 1.165) is 12.1 Å². The number of aromatic nitrogens is 2. The molecule has 2 aromatic heterocycles. The standard InChI is InChI=1S/C18H16BrF5N4O/c19-13-2-1-6-25-15(13)16(29)28-7-5-17(20,21)8-12(28)10-27-14-4-3-11(9-26-14)18(22,23)24/h1-4,6,9,12H,5,7-8,10H2,(H,26,27). The Kier molecular flexibility index (Phi) is 6.06. The lowest BCUT2D eigenvalue weighted by atomic mass is 9.97. The molecule has 5 nitrogen and oxygen atoms in total. The molecule has 0 radical (unpaired) electrons. The molecule has 29 heavy (non-hydrogen) atoms. The number of likely N-dealkylation sites (tertiary alicyclic amines) is 1. The highest BCUT2D eigenvalue weighted by atomic mass is 79.9. The van der Waals surface area contributed by atoms with Crippen molar-refractivity contribution >= 4 is 27.7 Å². The topological polar surface area (TPSA) is 58.1 Å². The van der Waals surface area contributed by atoms with Crippen LogP contribution in [0.3, 0.4) is 0 Å². The number of piperidine rings is 1. The number of pyridine rings is 2. The number of amides is 1. The first kappa shape index (κ1) is 21.4. The molecule has 1 aliphatic rings. The molecule has 1 fully saturated rings. The Balaban J connectivity index is 1.74. The third-order valence-corrected chi connectivity index (χ3v) is 5.16. The summed E-state index contributed by atoms with van der Waals surface area (Å²) in [6, 6.07) is 4.33. The first-order valence-corrected chi connectivity index (χ1v) is 9.42. The maximum atomic E-state index is 14.0. The summed E-state index contributed by atoms with van der Waals surface area (Å²) >= 11 is 3.23. The van der Waals surface area contributed by atoms with E-state index in [1.165, 1.54) is 11.1 Å². The number of carbonyl (C=O) groups excluding carboxylic acids is 1. The fraction of sp³-hybridized carbons (Fsp3) is 0.389. The van der Waals surface area contributed by atoms with Gasteiger partial charge in [0.1, 0.15) is 11.5 Å². The van der Waals surface area contributed by atoms with Gasteiger partial charge in [0, 0.05) is 42.8 Å². The zero-order valence-electron chi connectivity index (χ0n) is 14.9. The van der Waals surface area contributed by atoms with Crippen LogP contribution in [0.25, 0.3) is 0 Å². The van der Waals surface area contributed by atoms with E-state index in [0.29, 0.717) is 10.7 Å². The summed E-state index contributed by atoms with van der Waals surface area (Å²) in [6.45, 7) is -0.258. The first-order valence-electron chi connectivity index (χ1n) is 8.63. The molecule has 0 bridgehead atoms. The highest BCUT2D eigenvalue weighted by molar-refractivity contribution is 9.10. The van der Waals surface area contributed by atoms with Crippen molar-refractivity contribution in [3.8, 4) is 0 Å². The van der Waals surface area contributed by atoms with Crippen LogP contribution in [0.2, 0.25) is 0 Å². The van der Waals surface area contributed by atoms with Gasteiger partial charge in [0.2, 0.25) is 0 Å². The molecule has 0 spiro atoms. The van der Waals surface area contributed by atoms with E-state index in [1.54, 1.807) is 12.1 Å². The Morgan fingerprint density at radius 1 is 1.28 bits per heavy atom. The second kappa shape index (κ2) is 8.21. The summed E-state index contributed by atoms with van der Waals surface area (Å²) in [5, 5.41) is 2.74. The average molecular weight is 479 g/mol. The lowest BCUT2D eigenvalue weighted by molar-refractivity contribution is -0.137. The molecule has 11 heteroatoms. The van der Waals surface area contributed by atoms with Crippen molar-refractivity contribution in [2.75, 3.05) is 18.4 Å². The zero-order chi connectivity index (χ0) is 21.2. The molecule has 1 N–H and O–H groups in total. The summed E-state index contributed by atoms with van der Waals surface area (Å²) in [6.07, 6.45) is -3.48. The molecule has 1 atom stereocenters. The van der Waals surface area contributed by atoms with Crippen LogP contribution >= 0.6 is 15.9 Å². The zero-order valence-corrected chi connectivity index (χ0v) is 16.5. The average Bonchev–Trinajstić information content (AvgIpc) is 2.65. The number of anilines is 1. The molecule has 0 saturated carbocycles. The van der Waals surface area contributed by atoms with E-state index >= 15 is 0 Å².